The molecule has 7 heteroatoms. The third kappa shape index (κ3) is 4.03. The van der Waals surface area contributed by atoms with Crippen molar-refractivity contribution in [1.29, 1.82) is 0 Å². The molecule has 0 spiro atoms. The van der Waals surface area contributed by atoms with E-state index < -0.39 is 18.5 Å². The van der Waals surface area contributed by atoms with Crippen LogP contribution in [-0.2, 0) is 19.1 Å². The predicted molar refractivity (Wildman–Crippen MR) is 108 cm³/mol. The first-order valence-corrected chi connectivity index (χ1v) is 9.07. The third-order valence-corrected chi connectivity index (χ3v) is 4.52. The van der Waals surface area contributed by atoms with E-state index in [2.05, 4.69) is 5.32 Å². The van der Waals surface area contributed by atoms with Gasteiger partial charge in [0.2, 0.25) is 5.91 Å². The van der Waals surface area contributed by atoms with E-state index in [0.717, 1.165) is 10.8 Å². The lowest BCUT2D eigenvalue weighted by atomic mass is 10.1. The van der Waals surface area contributed by atoms with Crippen molar-refractivity contribution < 1.29 is 23.9 Å². The number of hydrogen-bond acceptors (Lipinski definition) is 5. The highest BCUT2D eigenvalue weighted by atomic mass is 16.6. The summed E-state index contributed by atoms with van der Waals surface area (Å²) in [6, 6.07) is 20.2. The summed E-state index contributed by atoms with van der Waals surface area (Å²) in [7, 11) is 0. The van der Waals surface area contributed by atoms with Gasteiger partial charge in [-0.2, -0.15) is 0 Å². The number of benzene rings is 3. The number of para-hydroxylation sites is 2. The zero-order valence-electron chi connectivity index (χ0n) is 15.5. The van der Waals surface area contributed by atoms with Gasteiger partial charge in [-0.3, -0.25) is 14.5 Å². The van der Waals surface area contributed by atoms with Gasteiger partial charge in [-0.05, 0) is 23.6 Å². The molecule has 0 aliphatic carbocycles. The molecule has 7 nitrogen and oxygen atoms in total. The van der Waals surface area contributed by atoms with Crippen molar-refractivity contribution in [3.63, 3.8) is 0 Å². The highest BCUT2D eigenvalue weighted by Crippen LogP contribution is 2.29. The van der Waals surface area contributed by atoms with Crippen LogP contribution < -0.4 is 15.0 Å². The van der Waals surface area contributed by atoms with Gasteiger partial charge in [0, 0.05) is 5.39 Å². The average molecular weight is 390 g/mol. The number of anilines is 2. The second kappa shape index (κ2) is 8.02. The summed E-state index contributed by atoms with van der Waals surface area (Å²) < 4.78 is 10.6. The molecule has 3 aromatic rings. The standard InChI is InChI=1S/C22H18N2O5/c25-20-12-24(18-10-4-3-9-17(18)23-20)21(26)13-29-22(27)14-28-19-11-5-7-15-6-1-2-8-16(15)19/h1-11H,12-14H2,(H,23,25). The first-order valence-electron chi connectivity index (χ1n) is 9.07. The van der Waals surface area contributed by atoms with Gasteiger partial charge in [0.05, 0.1) is 11.4 Å². The Morgan fingerprint density at radius 3 is 2.59 bits per heavy atom. The molecule has 1 aliphatic heterocycles. The number of fused-ring (bicyclic) bond motifs is 2. The molecule has 0 aromatic heterocycles. The van der Waals surface area contributed by atoms with Crippen LogP contribution in [0.1, 0.15) is 0 Å². The molecule has 2 amide bonds. The van der Waals surface area contributed by atoms with Crippen LogP contribution in [0.25, 0.3) is 10.8 Å². The van der Waals surface area contributed by atoms with E-state index in [1.165, 1.54) is 4.90 Å². The van der Waals surface area contributed by atoms with Crippen molar-refractivity contribution in [1.82, 2.24) is 0 Å². The van der Waals surface area contributed by atoms with Crippen molar-refractivity contribution in [2.45, 2.75) is 0 Å². The maximum absolute atomic E-state index is 12.5. The zero-order valence-corrected chi connectivity index (χ0v) is 15.5. The SMILES string of the molecule is O=C1CN(C(=O)COC(=O)COc2cccc3ccccc23)c2ccccc2N1. The van der Waals surface area contributed by atoms with E-state index in [4.69, 9.17) is 9.47 Å². The molecule has 0 saturated carbocycles. The second-order valence-electron chi connectivity index (χ2n) is 6.47. The van der Waals surface area contributed by atoms with E-state index in [-0.39, 0.29) is 19.1 Å². The molecule has 0 saturated heterocycles. The maximum atomic E-state index is 12.5. The van der Waals surface area contributed by atoms with Gasteiger partial charge in [-0.1, -0.05) is 48.5 Å². The van der Waals surface area contributed by atoms with E-state index in [1.54, 1.807) is 30.3 Å². The van der Waals surface area contributed by atoms with Gasteiger partial charge >= 0.3 is 5.97 Å². The number of carbonyl (C=O) groups is 3. The lowest BCUT2D eigenvalue weighted by Crippen LogP contribution is -2.44. The van der Waals surface area contributed by atoms with Crippen LogP contribution in [0, 0.1) is 0 Å². The van der Waals surface area contributed by atoms with Crippen molar-refractivity contribution in [3.8, 4) is 5.75 Å². The van der Waals surface area contributed by atoms with Gasteiger partial charge in [-0.25, -0.2) is 4.79 Å². The summed E-state index contributed by atoms with van der Waals surface area (Å²) in [5.74, 6) is -0.887. The number of esters is 1. The number of nitrogens with one attached hydrogen (secondary N) is 1. The molecule has 146 valence electrons. The highest BCUT2D eigenvalue weighted by molar-refractivity contribution is 6.10. The fourth-order valence-corrected chi connectivity index (χ4v) is 3.18. The predicted octanol–water partition coefficient (Wildman–Crippen LogP) is 2.75. The summed E-state index contributed by atoms with van der Waals surface area (Å²) in [4.78, 5) is 37.7. The van der Waals surface area contributed by atoms with Crippen LogP contribution >= 0.6 is 0 Å². The Kier molecular flexibility index (Phi) is 5.11. The molecule has 1 aliphatic rings. The van der Waals surface area contributed by atoms with E-state index in [0.29, 0.717) is 17.1 Å². The van der Waals surface area contributed by atoms with Crippen LogP contribution in [0.5, 0.6) is 5.75 Å². The van der Waals surface area contributed by atoms with Crippen LogP contribution in [0.15, 0.2) is 66.7 Å². The second-order valence-corrected chi connectivity index (χ2v) is 6.47. The molecule has 4 rings (SSSR count). The van der Waals surface area contributed by atoms with Crippen molar-refractivity contribution in [2.75, 3.05) is 30.0 Å². The number of carbonyl (C=O) groups excluding carboxylic acids is 3. The average Bonchev–Trinajstić information content (AvgIpc) is 2.75. The maximum Gasteiger partial charge on any atom is 0.344 e. The molecule has 0 radical (unpaired) electrons. The number of amides is 2. The molecule has 29 heavy (non-hydrogen) atoms. The van der Waals surface area contributed by atoms with Crippen LogP contribution in [0.2, 0.25) is 0 Å². The Balaban J connectivity index is 1.35. The normalized spacial score (nSPS) is 12.8. The molecule has 0 atom stereocenters. The highest BCUT2D eigenvalue weighted by Gasteiger charge is 2.27. The number of nitrogens with zero attached hydrogens (tertiary/aromatic N) is 1. The molecule has 0 unspecified atom stereocenters. The summed E-state index contributed by atoms with van der Waals surface area (Å²) >= 11 is 0. The molecule has 0 bridgehead atoms. The number of hydrogen-bond donors (Lipinski definition) is 1. The van der Waals surface area contributed by atoms with Crippen LogP contribution in [-0.4, -0.2) is 37.5 Å². The number of ether oxygens (including phenoxy) is 2. The first kappa shape index (κ1) is 18.5. The fraction of sp³-hybridized carbons (Fsp3) is 0.136. The largest absolute Gasteiger partial charge is 0.481 e. The monoisotopic (exact) mass is 390 g/mol. The summed E-state index contributed by atoms with van der Waals surface area (Å²) in [6.45, 7) is -0.919. The quantitative estimate of drug-likeness (QED) is 0.677. The third-order valence-electron chi connectivity index (χ3n) is 4.52. The van der Waals surface area contributed by atoms with Gasteiger partial charge < -0.3 is 14.8 Å². The summed E-state index contributed by atoms with van der Waals surface area (Å²) in [5.41, 5.74) is 1.11. The van der Waals surface area contributed by atoms with Crippen molar-refractivity contribution in [3.05, 3.63) is 66.7 Å². The van der Waals surface area contributed by atoms with Gasteiger partial charge in [0.15, 0.2) is 13.2 Å². The minimum atomic E-state index is -0.666. The molecule has 0 fully saturated rings. The van der Waals surface area contributed by atoms with Crippen LogP contribution in [0.4, 0.5) is 11.4 Å². The van der Waals surface area contributed by atoms with E-state index in [9.17, 15) is 14.4 Å². The fourth-order valence-electron chi connectivity index (χ4n) is 3.18. The molecule has 1 heterocycles. The molecular formula is C22H18N2O5. The summed E-state index contributed by atoms with van der Waals surface area (Å²) in [6.07, 6.45) is 0. The molecule has 1 N–H and O–H groups in total. The Bertz CT molecular complexity index is 1090. The minimum Gasteiger partial charge on any atom is -0.481 e. The lowest BCUT2D eigenvalue weighted by Gasteiger charge is -2.28. The number of rotatable bonds is 5. The zero-order chi connectivity index (χ0) is 20.2. The van der Waals surface area contributed by atoms with Gasteiger partial charge in [0.25, 0.3) is 5.91 Å². The van der Waals surface area contributed by atoms with E-state index >= 15 is 0 Å². The van der Waals surface area contributed by atoms with Crippen molar-refractivity contribution in [2.24, 2.45) is 0 Å². The van der Waals surface area contributed by atoms with Crippen LogP contribution in [0.3, 0.4) is 0 Å². The molecular weight excluding hydrogens is 372 g/mol. The molecule has 3 aromatic carbocycles. The Hall–Kier alpha value is -3.87. The first-order chi connectivity index (χ1) is 14.1. The minimum absolute atomic E-state index is 0.125. The smallest absolute Gasteiger partial charge is 0.344 e. The van der Waals surface area contributed by atoms with Gasteiger partial charge in [-0.15, -0.1) is 0 Å². The van der Waals surface area contributed by atoms with Crippen molar-refractivity contribution >= 4 is 39.9 Å². The Morgan fingerprint density at radius 1 is 0.931 bits per heavy atom. The summed E-state index contributed by atoms with van der Waals surface area (Å²) in [5, 5.41) is 4.58. The Labute approximate surface area is 166 Å². The van der Waals surface area contributed by atoms with Gasteiger partial charge in [0.1, 0.15) is 12.3 Å². The topological polar surface area (TPSA) is 84.9 Å². The lowest BCUT2D eigenvalue weighted by molar-refractivity contribution is -0.149. The van der Waals surface area contributed by atoms with E-state index in [1.807, 2.05) is 36.4 Å². The Morgan fingerprint density at radius 2 is 1.69 bits per heavy atom.